The van der Waals surface area contributed by atoms with Gasteiger partial charge >= 0.3 is 5.97 Å². The number of nitrogens with zero attached hydrogens (tertiary/aromatic N) is 1. The molecule has 3 aromatic rings. The fourth-order valence-corrected chi connectivity index (χ4v) is 3.53. The Morgan fingerprint density at radius 1 is 0.971 bits per heavy atom. The van der Waals surface area contributed by atoms with Crippen molar-refractivity contribution in [2.45, 2.75) is 0 Å². The van der Waals surface area contributed by atoms with E-state index < -0.39 is 17.8 Å². The van der Waals surface area contributed by atoms with Crippen LogP contribution in [0.2, 0.25) is 5.02 Å². The molecule has 1 aliphatic heterocycles. The smallest absolute Gasteiger partial charge is 0.343 e. The third-order valence-electron chi connectivity index (χ3n) is 4.87. The molecule has 1 heterocycles. The van der Waals surface area contributed by atoms with E-state index in [2.05, 4.69) is 5.32 Å². The van der Waals surface area contributed by atoms with E-state index in [1.807, 2.05) is 0 Å². The van der Waals surface area contributed by atoms with Gasteiger partial charge in [-0.25, -0.2) is 9.69 Å². The Labute approximate surface area is 203 Å². The van der Waals surface area contributed by atoms with Gasteiger partial charge in [-0.3, -0.25) is 9.59 Å². The summed E-state index contributed by atoms with van der Waals surface area (Å²) in [5.74, 6) is -1.76. The van der Waals surface area contributed by atoms with Crippen LogP contribution in [-0.2, 0) is 9.59 Å². The number of hydrogen-bond acceptors (Lipinski definition) is 7. The first kappa shape index (κ1) is 23.2. The van der Waals surface area contributed by atoms with Gasteiger partial charge in [-0.2, -0.15) is 0 Å². The van der Waals surface area contributed by atoms with E-state index in [0.717, 1.165) is 4.90 Å². The van der Waals surface area contributed by atoms with E-state index in [4.69, 9.17) is 32.7 Å². The number of para-hydroxylation sites is 2. The number of imide groups is 1. The number of benzene rings is 3. The van der Waals surface area contributed by atoms with Crippen LogP contribution in [0.4, 0.5) is 11.4 Å². The van der Waals surface area contributed by atoms with E-state index in [1.54, 1.807) is 24.3 Å². The second-order valence-electron chi connectivity index (χ2n) is 7.01. The third-order valence-corrected chi connectivity index (χ3v) is 5.54. The molecule has 10 heteroatoms. The fourth-order valence-electron chi connectivity index (χ4n) is 3.20. The quantitative estimate of drug-likeness (QED) is 0.288. The molecule has 0 bridgehead atoms. The van der Waals surface area contributed by atoms with Crippen LogP contribution in [0.15, 0.2) is 77.5 Å². The summed E-state index contributed by atoms with van der Waals surface area (Å²) in [7, 11) is 1.43. The Kier molecular flexibility index (Phi) is 6.45. The summed E-state index contributed by atoms with van der Waals surface area (Å²) in [5, 5.41) is 12.3. The van der Waals surface area contributed by atoms with Crippen LogP contribution in [0.25, 0.3) is 0 Å². The monoisotopic (exact) mass is 498 g/mol. The second-order valence-corrected chi connectivity index (χ2v) is 7.80. The van der Waals surface area contributed by atoms with Crippen LogP contribution < -0.4 is 19.7 Å². The summed E-state index contributed by atoms with van der Waals surface area (Å²) in [6.07, 6.45) is 0. The maximum Gasteiger partial charge on any atom is 0.343 e. The number of phenolic OH excluding ortho intramolecular Hbond substituents is 1. The van der Waals surface area contributed by atoms with Gasteiger partial charge in [0.05, 0.1) is 23.4 Å². The number of esters is 1. The number of amides is 2. The molecule has 0 saturated heterocycles. The van der Waals surface area contributed by atoms with Gasteiger partial charge in [-0.1, -0.05) is 35.3 Å². The van der Waals surface area contributed by atoms with Crippen molar-refractivity contribution in [2.24, 2.45) is 0 Å². The van der Waals surface area contributed by atoms with Gasteiger partial charge in [0.25, 0.3) is 11.8 Å². The minimum absolute atomic E-state index is 0.107. The molecule has 8 nitrogen and oxygen atoms in total. The summed E-state index contributed by atoms with van der Waals surface area (Å²) < 4.78 is 10.5. The molecule has 0 fully saturated rings. The van der Waals surface area contributed by atoms with Crippen molar-refractivity contribution in [1.29, 1.82) is 0 Å². The summed E-state index contributed by atoms with van der Waals surface area (Å²) in [5.41, 5.74) is 0.784. The zero-order valence-electron chi connectivity index (χ0n) is 17.5. The fraction of sp³-hybridized carbons (Fsp3) is 0.0417. The molecule has 2 amide bonds. The number of halogens is 2. The molecule has 34 heavy (non-hydrogen) atoms. The van der Waals surface area contributed by atoms with Crippen LogP contribution >= 0.6 is 23.2 Å². The highest BCUT2D eigenvalue weighted by molar-refractivity contribution is 6.53. The molecule has 2 N–H and O–H groups in total. The van der Waals surface area contributed by atoms with Crippen molar-refractivity contribution >= 4 is 52.4 Å². The van der Waals surface area contributed by atoms with Crippen LogP contribution in [0.5, 0.6) is 17.2 Å². The zero-order chi connectivity index (χ0) is 24.4. The van der Waals surface area contributed by atoms with Gasteiger partial charge in [0.2, 0.25) is 0 Å². The largest absolute Gasteiger partial charge is 0.506 e. The third kappa shape index (κ3) is 4.41. The summed E-state index contributed by atoms with van der Waals surface area (Å²) in [4.78, 5) is 38.9. The van der Waals surface area contributed by atoms with Crippen molar-refractivity contribution in [3.05, 3.63) is 88.0 Å². The molecule has 172 valence electrons. The van der Waals surface area contributed by atoms with Crippen molar-refractivity contribution in [3.8, 4) is 17.2 Å². The predicted octanol–water partition coefficient (Wildman–Crippen LogP) is 4.71. The number of aromatic hydroxyl groups is 1. The molecule has 0 spiro atoms. The lowest BCUT2D eigenvalue weighted by atomic mass is 10.2. The summed E-state index contributed by atoms with van der Waals surface area (Å²) in [6, 6.07) is 16.6. The van der Waals surface area contributed by atoms with Gasteiger partial charge in [-0.15, -0.1) is 0 Å². The topological polar surface area (TPSA) is 105 Å². The van der Waals surface area contributed by atoms with Crippen LogP contribution in [-0.4, -0.2) is 30.0 Å². The van der Waals surface area contributed by atoms with Gasteiger partial charge in [0, 0.05) is 11.8 Å². The highest BCUT2D eigenvalue weighted by atomic mass is 35.5. The van der Waals surface area contributed by atoms with Crippen LogP contribution in [0.1, 0.15) is 10.4 Å². The number of rotatable bonds is 6. The first-order valence-electron chi connectivity index (χ1n) is 9.79. The number of carbonyl (C=O) groups excluding carboxylic acids is 3. The van der Waals surface area contributed by atoms with E-state index in [9.17, 15) is 19.5 Å². The molecule has 0 aliphatic carbocycles. The molecule has 0 radical (unpaired) electrons. The molecule has 3 aromatic carbocycles. The molecule has 0 saturated carbocycles. The normalized spacial score (nSPS) is 13.3. The Balaban J connectivity index is 1.49. The molecule has 0 atom stereocenters. The number of phenols is 1. The molecular formula is C24H16Cl2N2O6. The predicted molar refractivity (Wildman–Crippen MR) is 127 cm³/mol. The van der Waals surface area contributed by atoms with Gasteiger partial charge < -0.3 is 19.9 Å². The Bertz CT molecular complexity index is 1340. The lowest BCUT2D eigenvalue weighted by Crippen LogP contribution is -2.32. The second kappa shape index (κ2) is 9.46. The Hall–Kier alpha value is -4.01. The highest BCUT2D eigenvalue weighted by Crippen LogP contribution is 2.35. The SMILES string of the molecule is COc1ccccc1N1C(=O)C(Cl)=C(Nc2ccc(C(=O)Oc3ccc(Cl)c(O)c3)cc2)C1=O. The Morgan fingerprint density at radius 3 is 2.35 bits per heavy atom. The van der Waals surface area contributed by atoms with Gasteiger partial charge in [0.15, 0.2) is 0 Å². The number of hydrogen-bond donors (Lipinski definition) is 2. The number of anilines is 2. The molecule has 0 aromatic heterocycles. The van der Waals surface area contributed by atoms with Crippen molar-refractivity contribution in [2.75, 3.05) is 17.3 Å². The average Bonchev–Trinajstić information content (AvgIpc) is 3.04. The van der Waals surface area contributed by atoms with E-state index in [-0.39, 0.29) is 38.5 Å². The van der Waals surface area contributed by atoms with Crippen LogP contribution in [0, 0.1) is 0 Å². The van der Waals surface area contributed by atoms with Crippen LogP contribution in [0.3, 0.4) is 0 Å². The molecule has 1 aliphatic rings. The van der Waals surface area contributed by atoms with E-state index >= 15 is 0 Å². The van der Waals surface area contributed by atoms with Crippen molar-refractivity contribution in [1.82, 2.24) is 0 Å². The Morgan fingerprint density at radius 2 is 1.68 bits per heavy atom. The molecule has 0 unspecified atom stereocenters. The maximum absolute atomic E-state index is 13.0. The van der Waals surface area contributed by atoms with Gasteiger partial charge in [0.1, 0.15) is 28.0 Å². The maximum atomic E-state index is 13.0. The lowest BCUT2D eigenvalue weighted by Gasteiger charge is -2.17. The first-order valence-corrected chi connectivity index (χ1v) is 10.5. The molecule has 4 rings (SSSR count). The minimum atomic E-state index is -0.690. The number of methoxy groups -OCH3 is 1. The first-order chi connectivity index (χ1) is 16.3. The van der Waals surface area contributed by atoms with Gasteiger partial charge in [-0.05, 0) is 48.5 Å². The number of carbonyl (C=O) groups is 3. The zero-order valence-corrected chi connectivity index (χ0v) is 19.1. The van der Waals surface area contributed by atoms with Crippen molar-refractivity contribution in [3.63, 3.8) is 0 Å². The number of nitrogens with one attached hydrogen (secondary N) is 1. The van der Waals surface area contributed by atoms with E-state index in [1.165, 1.54) is 49.6 Å². The van der Waals surface area contributed by atoms with E-state index in [0.29, 0.717) is 11.4 Å². The molecular weight excluding hydrogens is 483 g/mol. The average molecular weight is 499 g/mol. The highest BCUT2D eigenvalue weighted by Gasteiger charge is 2.40. The lowest BCUT2D eigenvalue weighted by molar-refractivity contribution is -0.120. The standard InChI is InChI=1S/C24H16Cl2N2O6/c1-33-19-5-3-2-4-17(19)28-22(30)20(26)21(23(28)31)27-14-8-6-13(7-9-14)24(32)34-15-10-11-16(25)18(29)12-15/h2-12,27,29H,1H3. The number of ether oxygens (including phenoxy) is 2. The summed E-state index contributed by atoms with van der Waals surface area (Å²) >= 11 is 11.9. The van der Waals surface area contributed by atoms with Crippen molar-refractivity contribution < 1.29 is 29.0 Å². The summed E-state index contributed by atoms with van der Waals surface area (Å²) in [6.45, 7) is 0. The minimum Gasteiger partial charge on any atom is -0.506 e.